The molecule has 0 bridgehead atoms. The molecule has 0 aliphatic heterocycles. The van der Waals surface area contributed by atoms with Crippen LogP contribution in [0.15, 0.2) is 18.5 Å². The van der Waals surface area contributed by atoms with E-state index in [0.29, 0.717) is 18.5 Å². The molecule has 2 aromatic rings. The average Bonchev–Trinajstić information content (AvgIpc) is 3.14. The highest BCUT2D eigenvalue weighted by Gasteiger charge is 2.23. The number of methoxy groups -OCH3 is 1. The summed E-state index contributed by atoms with van der Waals surface area (Å²) in [6, 6.07) is 0.0558. The van der Waals surface area contributed by atoms with Crippen LogP contribution in [0.25, 0.3) is 11.2 Å². The average molecular weight is 339 g/mol. The smallest absolute Gasteiger partial charge is 0.293 e. The van der Waals surface area contributed by atoms with Gasteiger partial charge in [-0.25, -0.2) is 9.97 Å². The molecule has 124 valence electrons. The predicted molar refractivity (Wildman–Crippen MR) is 86.4 cm³/mol. The van der Waals surface area contributed by atoms with Gasteiger partial charge in [0.25, 0.3) is 6.47 Å². The summed E-state index contributed by atoms with van der Waals surface area (Å²) in [5.74, 6) is 0. The molecular formula is C15H19ClN4O3. The Balaban J connectivity index is 0.000000433. The molecule has 0 amide bonds. The van der Waals surface area contributed by atoms with E-state index >= 15 is 0 Å². The van der Waals surface area contributed by atoms with Crippen LogP contribution in [-0.4, -0.2) is 45.8 Å². The van der Waals surface area contributed by atoms with Crippen molar-refractivity contribution in [3.63, 3.8) is 0 Å². The van der Waals surface area contributed by atoms with E-state index in [2.05, 4.69) is 19.7 Å². The minimum atomic E-state index is -0.196. The summed E-state index contributed by atoms with van der Waals surface area (Å²) < 4.78 is 11.4. The standard InChI is InChI=1S/C12H11ClN4O2.C3H8O/c1-7-10-11(16-12(13)15-7)17(5-14-10)8-2-3-9(4-8)19-6-18;1-3-4-2/h2-3,5-6,8-9H,4H2,1H3;3H2,1-2H3. The van der Waals surface area contributed by atoms with Crippen molar-refractivity contribution in [2.24, 2.45) is 0 Å². The third-order valence-electron chi connectivity index (χ3n) is 3.47. The summed E-state index contributed by atoms with van der Waals surface area (Å²) in [5, 5.41) is 0.203. The van der Waals surface area contributed by atoms with Crippen molar-refractivity contribution in [2.75, 3.05) is 13.7 Å². The highest BCUT2D eigenvalue weighted by atomic mass is 35.5. The van der Waals surface area contributed by atoms with E-state index in [1.165, 1.54) is 0 Å². The van der Waals surface area contributed by atoms with E-state index in [1.807, 2.05) is 30.6 Å². The molecule has 2 heterocycles. The summed E-state index contributed by atoms with van der Waals surface area (Å²) >= 11 is 5.89. The number of allylic oxidation sites excluding steroid dienone is 1. The van der Waals surface area contributed by atoms with Crippen LogP contribution in [0.1, 0.15) is 25.1 Å². The van der Waals surface area contributed by atoms with Gasteiger partial charge in [-0.15, -0.1) is 0 Å². The lowest BCUT2D eigenvalue weighted by atomic mass is 10.2. The summed E-state index contributed by atoms with van der Waals surface area (Å²) in [6.07, 6.45) is 6.02. The topological polar surface area (TPSA) is 79.1 Å². The van der Waals surface area contributed by atoms with Gasteiger partial charge in [-0.2, -0.15) is 4.98 Å². The first-order valence-electron chi connectivity index (χ1n) is 7.23. The highest BCUT2D eigenvalue weighted by molar-refractivity contribution is 6.28. The number of halogens is 1. The number of rotatable bonds is 4. The number of hydrogen-bond donors (Lipinski definition) is 0. The highest BCUT2D eigenvalue weighted by Crippen LogP contribution is 2.28. The fourth-order valence-corrected chi connectivity index (χ4v) is 2.50. The summed E-state index contributed by atoms with van der Waals surface area (Å²) in [7, 11) is 1.68. The molecule has 0 spiro atoms. The minimum absolute atomic E-state index is 0.0558. The van der Waals surface area contributed by atoms with Gasteiger partial charge in [0.1, 0.15) is 11.6 Å². The zero-order valence-electron chi connectivity index (χ0n) is 13.3. The van der Waals surface area contributed by atoms with Gasteiger partial charge in [0.05, 0.1) is 18.1 Å². The first-order valence-corrected chi connectivity index (χ1v) is 7.61. The third-order valence-corrected chi connectivity index (χ3v) is 3.64. The summed E-state index contributed by atoms with van der Waals surface area (Å²) in [5.41, 5.74) is 2.17. The molecule has 0 fully saturated rings. The van der Waals surface area contributed by atoms with Crippen LogP contribution in [0.4, 0.5) is 0 Å². The zero-order valence-corrected chi connectivity index (χ0v) is 14.0. The fourth-order valence-electron chi connectivity index (χ4n) is 2.29. The van der Waals surface area contributed by atoms with Crippen molar-refractivity contribution in [3.8, 4) is 0 Å². The van der Waals surface area contributed by atoms with Gasteiger partial charge in [-0.05, 0) is 31.5 Å². The second-order valence-electron chi connectivity index (χ2n) is 4.94. The van der Waals surface area contributed by atoms with Crippen molar-refractivity contribution in [1.29, 1.82) is 0 Å². The van der Waals surface area contributed by atoms with E-state index in [1.54, 1.807) is 13.4 Å². The number of carbonyl (C=O) groups is 1. The van der Waals surface area contributed by atoms with Crippen LogP contribution in [0.2, 0.25) is 5.28 Å². The maximum Gasteiger partial charge on any atom is 0.293 e. The molecular weight excluding hydrogens is 320 g/mol. The first-order chi connectivity index (χ1) is 11.1. The Morgan fingerprint density at radius 3 is 2.83 bits per heavy atom. The Bertz CT molecular complexity index is 699. The fraction of sp³-hybridized carbons (Fsp3) is 0.467. The van der Waals surface area contributed by atoms with Crippen LogP contribution in [-0.2, 0) is 14.3 Å². The number of nitrogens with zero attached hydrogens (tertiary/aromatic N) is 4. The number of aryl methyl sites for hydroxylation is 1. The molecule has 7 nitrogen and oxygen atoms in total. The Morgan fingerprint density at radius 2 is 2.17 bits per heavy atom. The quantitative estimate of drug-likeness (QED) is 0.484. The number of imidazole rings is 1. The van der Waals surface area contributed by atoms with Gasteiger partial charge in [0.2, 0.25) is 5.28 Å². The number of carbonyl (C=O) groups excluding carboxylic acids is 1. The SMILES string of the molecule is CCOC.Cc1nc(Cl)nc2c1ncn2C1C=CC(OC=O)C1. The normalized spacial score (nSPS) is 19.5. The van der Waals surface area contributed by atoms with Gasteiger partial charge in [-0.3, -0.25) is 4.79 Å². The van der Waals surface area contributed by atoms with E-state index in [0.717, 1.165) is 17.8 Å². The second-order valence-corrected chi connectivity index (χ2v) is 5.28. The minimum Gasteiger partial charge on any atom is -0.460 e. The molecule has 1 aliphatic carbocycles. The van der Waals surface area contributed by atoms with Crippen molar-refractivity contribution < 1.29 is 14.3 Å². The molecule has 2 atom stereocenters. The molecule has 8 heteroatoms. The van der Waals surface area contributed by atoms with Crippen molar-refractivity contribution in [1.82, 2.24) is 19.5 Å². The van der Waals surface area contributed by atoms with Crippen LogP contribution in [0.5, 0.6) is 0 Å². The van der Waals surface area contributed by atoms with Crippen LogP contribution >= 0.6 is 11.6 Å². The van der Waals surface area contributed by atoms with Gasteiger partial charge >= 0.3 is 0 Å². The van der Waals surface area contributed by atoms with Gasteiger partial charge < -0.3 is 14.0 Å². The molecule has 3 rings (SSSR count). The molecule has 0 aromatic carbocycles. The lowest BCUT2D eigenvalue weighted by Crippen LogP contribution is -2.11. The Morgan fingerprint density at radius 1 is 1.43 bits per heavy atom. The molecule has 0 radical (unpaired) electrons. The van der Waals surface area contributed by atoms with Crippen molar-refractivity contribution >= 4 is 29.2 Å². The van der Waals surface area contributed by atoms with Gasteiger partial charge in [-0.1, -0.05) is 6.08 Å². The van der Waals surface area contributed by atoms with E-state index < -0.39 is 0 Å². The maximum atomic E-state index is 10.3. The van der Waals surface area contributed by atoms with Crippen molar-refractivity contribution in [3.05, 3.63) is 29.5 Å². The largest absolute Gasteiger partial charge is 0.460 e. The summed E-state index contributed by atoms with van der Waals surface area (Å²) in [4.78, 5) is 23.0. The lowest BCUT2D eigenvalue weighted by molar-refractivity contribution is -0.131. The number of fused-ring (bicyclic) bond motifs is 1. The first kappa shape index (κ1) is 17.4. The lowest BCUT2D eigenvalue weighted by Gasteiger charge is -2.12. The van der Waals surface area contributed by atoms with E-state index in [9.17, 15) is 4.79 Å². The predicted octanol–water partition coefficient (Wildman–Crippen LogP) is 2.48. The maximum absolute atomic E-state index is 10.3. The van der Waals surface area contributed by atoms with E-state index in [-0.39, 0.29) is 17.4 Å². The van der Waals surface area contributed by atoms with Crippen LogP contribution in [0, 0.1) is 6.92 Å². The number of hydrogen-bond acceptors (Lipinski definition) is 6. The molecule has 0 saturated heterocycles. The molecule has 2 unspecified atom stereocenters. The van der Waals surface area contributed by atoms with Gasteiger partial charge in [0, 0.05) is 20.1 Å². The molecule has 0 N–H and O–H groups in total. The Hall–Kier alpha value is -1.99. The van der Waals surface area contributed by atoms with E-state index in [4.69, 9.17) is 16.3 Å². The molecule has 2 aromatic heterocycles. The number of aromatic nitrogens is 4. The summed E-state index contributed by atoms with van der Waals surface area (Å²) in [6.45, 7) is 5.09. The Kier molecular flexibility index (Phi) is 6.06. The molecule has 0 saturated carbocycles. The molecule has 1 aliphatic rings. The Labute approximate surface area is 139 Å². The van der Waals surface area contributed by atoms with Crippen LogP contribution in [0.3, 0.4) is 0 Å². The molecule has 23 heavy (non-hydrogen) atoms. The third kappa shape index (κ3) is 4.05. The van der Waals surface area contributed by atoms with Gasteiger partial charge in [0.15, 0.2) is 5.65 Å². The second kappa shape index (κ2) is 8.03. The number of ether oxygens (including phenoxy) is 2. The monoisotopic (exact) mass is 338 g/mol. The zero-order chi connectivity index (χ0) is 16.8. The van der Waals surface area contributed by atoms with Crippen molar-refractivity contribution in [2.45, 2.75) is 32.4 Å². The van der Waals surface area contributed by atoms with Crippen LogP contribution < -0.4 is 0 Å².